The molecule has 3 heterocycles. The van der Waals surface area contributed by atoms with Crippen molar-refractivity contribution in [3.63, 3.8) is 0 Å². The monoisotopic (exact) mass is 401 g/mol. The van der Waals surface area contributed by atoms with Crippen LogP contribution in [-0.2, 0) is 18.4 Å². The standard InChI is InChI=1S/C24H27N5O/c1-28-13-9-21(18-28)23-8-10-26-16-20(23)4-7-24(30)27-22-5-2-19(3-6-22)17-29-14-11-25-12-15-29/h2-10,13,16,18,25H,11-12,14-15,17H2,1H3,(H,27,30)/b7-4+. The Hall–Kier alpha value is -3.22. The van der Waals surface area contributed by atoms with Gasteiger partial charge >= 0.3 is 0 Å². The predicted molar refractivity (Wildman–Crippen MR) is 121 cm³/mol. The van der Waals surface area contributed by atoms with Gasteiger partial charge in [-0.15, -0.1) is 0 Å². The van der Waals surface area contributed by atoms with E-state index in [-0.39, 0.29) is 5.91 Å². The topological polar surface area (TPSA) is 62.2 Å². The molecule has 0 radical (unpaired) electrons. The number of hydrogen-bond donors (Lipinski definition) is 2. The highest BCUT2D eigenvalue weighted by Crippen LogP contribution is 2.24. The molecule has 2 aromatic heterocycles. The predicted octanol–water partition coefficient (Wildman–Crippen LogP) is 3.14. The molecular weight excluding hydrogens is 374 g/mol. The van der Waals surface area contributed by atoms with E-state index < -0.39 is 0 Å². The summed E-state index contributed by atoms with van der Waals surface area (Å²) in [6.07, 6.45) is 11.0. The van der Waals surface area contributed by atoms with Gasteiger partial charge in [0.25, 0.3) is 0 Å². The van der Waals surface area contributed by atoms with Crippen molar-refractivity contribution in [1.29, 1.82) is 0 Å². The van der Waals surface area contributed by atoms with Crippen LogP contribution in [0.15, 0.2) is 67.3 Å². The molecule has 1 aliphatic rings. The van der Waals surface area contributed by atoms with Crippen LogP contribution in [0.25, 0.3) is 17.2 Å². The minimum Gasteiger partial charge on any atom is -0.357 e. The summed E-state index contributed by atoms with van der Waals surface area (Å²) >= 11 is 0. The molecule has 6 nitrogen and oxygen atoms in total. The molecule has 4 rings (SSSR count). The number of carbonyl (C=O) groups excluding carboxylic acids is 1. The second-order valence-corrected chi connectivity index (χ2v) is 7.57. The Morgan fingerprint density at radius 2 is 1.97 bits per heavy atom. The van der Waals surface area contributed by atoms with E-state index in [1.807, 2.05) is 42.1 Å². The average molecular weight is 402 g/mol. The Balaban J connectivity index is 1.37. The first-order chi connectivity index (χ1) is 14.7. The zero-order valence-electron chi connectivity index (χ0n) is 17.2. The zero-order valence-corrected chi connectivity index (χ0v) is 17.2. The second-order valence-electron chi connectivity index (χ2n) is 7.57. The Morgan fingerprint density at radius 3 is 2.70 bits per heavy atom. The van der Waals surface area contributed by atoms with E-state index in [4.69, 9.17) is 0 Å². The van der Waals surface area contributed by atoms with Gasteiger partial charge in [-0.1, -0.05) is 12.1 Å². The third-order valence-electron chi connectivity index (χ3n) is 5.25. The number of carbonyl (C=O) groups is 1. The van der Waals surface area contributed by atoms with Gasteiger partial charge in [0.1, 0.15) is 0 Å². The SMILES string of the molecule is Cn1ccc(-c2ccncc2/C=C/C(=O)Nc2ccc(CN3CCNCC3)cc2)c1. The first kappa shape index (κ1) is 20.1. The Morgan fingerprint density at radius 1 is 1.17 bits per heavy atom. The van der Waals surface area contributed by atoms with Crippen LogP contribution in [0.5, 0.6) is 0 Å². The van der Waals surface area contributed by atoms with Crippen LogP contribution in [-0.4, -0.2) is 46.5 Å². The molecular formula is C24H27N5O. The molecule has 6 heteroatoms. The van der Waals surface area contributed by atoms with Crippen LogP contribution in [0.3, 0.4) is 0 Å². The van der Waals surface area contributed by atoms with Crippen molar-refractivity contribution < 1.29 is 4.79 Å². The molecule has 0 bridgehead atoms. The summed E-state index contributed by atoms with van der Waals surface area (Å²) < 4.78 is 2.00. The molecule has 0 spiro atoms. The quantitative estimate of drug-likeness (QED) is 0.623. The Bertz CT molecular complexity index is 1020. The fraction of sp³-hybridized carbons (Fsp3) is 0.250. The lowest BCUT2D eigenvalue weighted by Gasteiger charge is -2.27. The summed E-state index contributed by atoms with van der Waals surface area (Å²) in [7, 11) is 1.99. The maximum Gasteiger partial charge on any atom is 0.248 e. The number of amides is 1. The van der Waals surface area contributed by atoms with Crippen molar-refractivity contribution >= 4 is 17.7 Å². The van der Waals surface area contributed by atoms with Crippen molar-refractivity contribution in [1.82, 2.24) is 19.8 Å². The van der Waals surface area contributed by atoms with E-state index in [0.717, 1.165) is 55.1 Å². The van der Waals surface area contributed by atoms with Gasteiger partial charge in [0.2, 0.25) is 5.91 Å². The third-order valence-corrected chi connectivity index (χ3v) is 5.25. The molecule has 2 N–H and O–H groups in total. The number of piperazine rings is 1. The molecule has 0 unspecified atom stereocenters. The molecule has 1 aromatic carbocycles. The lowest BCUT2D eigenvalue weighted by molar-refractivity contribution is -0.111. The van der Waals surface area contributed by atoms with Crippen molar-refractivity contribution in [2.24, 2.45) is 7.05 Å². The second kappa shape index (κ2) is 9.52. The summed E-state index contributed by atoms with van der Waals surface area (Å²) in [6, 6.07) is 12.1. The van der Waals surface area contributed by atoms with Gasteiger partial charge in [0.05, 0.1) is 0 Å². The fourth-order valence-corrected chi connectivity index (χ4v) is 3.64. The van der Waals surface area contributed by atoms with Gasteiger partial charge in [0, 0.05) is 87.4 Å². The van der Waals surface area contributed by atoms with E-state index >= 15 is 0 Å². The average Bonchev–Trinajstić information content (AvgIpc) is 3.21. The summed E-state index contributed by atoms with van der Waals surface area (Å²) in [6.45, 7) is 5.18. The number of aryl methyl sites for hydroxylation is 1. The maximum absolute atomic E-state index is 12.4. The first-order valence-corrected chi connectivity index (χ1v) is 10.2. The molecule has 0 saturated carbocycles. The molecule has 0 atom stereocenters. The highest BCUT2D eigenvalue weighted by molar-refractivity contribution is 6.02. The minimum absolute atomic E-state index is 0.160. The van der Waals surface area contributed by atoms with Crippen LogP contribution < -0.4 is 10.6 Å². The molecule has 1 amide bonds. The van der Waals surface area contributed by atoms with Crippen LogP contribution in [0.4, 0.5) is 5.69 Å². The number of anilines is 1. The number of nitrogens with zero attached hydrogens (tertiary/aromatic N) is 3. The van der Waals surface area contributed by atoms with Crippen LogP contribution >= 0.6 is 0 Å². The van der Waals surface area contributed by atoms with Crippen LogP contribution in [0, 0.1) is 0 Å². The van der Waals surface area contributed by atoms with Gasteiger partial charge in [-0.3, -0.25) is 14.7 Å². The summed E-state index contributed by atoms with van der Waals surface area (Å²) in [5, 5.41) is 6.30. The summed E-state index contributed by atoms with van der Waals surface area (Å²) in [5.41, 5.74) is 5.11. The number of benzene rings is 1. The first-order valence-electron chi connectivity index (χ1n) is 10.2. The lowest BCUT2D eigenvalue weighted by Crippen LogP contribution is -2.42. The van der Waals surface area contributed by atoms with Crippen LogP contribution in [0.1, 0.15) is 11.1 Å². The van der Waals surface area contributed by atoms with Crippen molar-refractivity contribution in [3.8, 4) is 11.1 Å². The Kier molecular flexibility index (Phi) is 6.37. The van der Waals surface area contributed by atoms with E-state index in [1.54, 1.807) is 18.5 Å². The van der Waals surface area contributed by atoms with E-state index in [9.17, 15) is 4.79 Å². The largest absolute Gasteiger partial charge is 0.357 e. The number of pyridine rings is 1. The normalized spacial score (nSPS) is 14.8. The number of rotatable bonds is 6. The van der Waals surface area contributed by atoms with Crippen LogP contribution in [0.2, 0.25) is 0 Å². The fourth-order valence-electron chi connectivity index (χ4n) is 3.64. The van der Waals surface area contributed by atoms with Crippen molar-refractivity contribution in [3.05, 3.63) is 78.4 Å². The molecule has 1 fully saturated rings. The van der Waals surface area contributed by atoms with E-state index in [2.05, 4.69) is 44.9 Å². The van der Waals surface area contributed by atoms with Gasteiger partial charge in [-0.25, -0.2) is 0 Å². The minimum atomic E-state index is -0.160. The highest BCUT2D eigenvalue weighted by atomic mass is 16.1. The van der Waals surface area contributed by atoms with Crippen molar-refractivity contribution in [2.45, 2.75) is 6.54 Å². The molecule has 154 valence electrons. The van der Waals surface area contributed by atoms with Crippen molar-refractivity contribution in [2.75, 3.05) is 31.5 Å². The molecule has 0 aliphatic carbocycles. The maximum atomic E-state index is 12.4. The van der Waals surface area contributed by atoms with E-state index in [1.165, 1.54) is 5.56 Å². The number of aromatic nitrogens is 2. The summed E-state index contributed by atoms with van der Waals surface area (Å²) in [5.74, 6) is -0.160. The zero-order chi connectivity index (χ0) is 20.8. The molecule has 1 saturated heterocycles. The summed E-state index contributed by atoms with van der Waals surface area (Å²) in [4.78, 5) is 19.0. The Labute approximate surface area is 177 Å². The number of nitrogens with one attached hydrogen (secondary N) is 2. The smallest absolute Gasteiger partial charge is 0.248 e. The lowest BCUT2D eigenvalue weighted by atomic mass is 10.0. The van der Waals surface area contributed by atoms with Gasteiger partial charge in [0.15, 0.2) is 0 Å². The van der Waals surface area contributed by atoms with Gasteiger partial charge < -0.3 is 15.2 Å². The highest BCUT2D eigenvalue weighted by Gasteiger charge is 2.10. The molecule has 1 aliphatic heterocycles. The van der Waals surface area contributed by atoms with E-state index in [0.29, 0.717) is 0 Å². The van der Waals surface area contributed by atoms with Gasteiger partial charge in [-0.05, 0) is 41.5 Å². The van der Waals surface area contributed by atoms with Gasteiger partial charge in [-0.2, -0.15) is 0 Å². The number of hydrogen-bond acceptors (Lipinski definition) is 4. The third kappa shape index (κ3) is 5.23. The molecule has 3 aromatic rings. The molecule has 30 heavy (non-hydrogen) atoms.